The number of nitrogens with one attached hydrogen (secondary N) is 1. The van der Waals surface area contributed by atoms with Crippen LogP contribution < -0.4 is 5.32 Å². The number of hydrogen-bond acceptors (Lipinski definition) is 2. The van der Waals surface area contributed by atoms with E-state index in [0.29, 0.717) is 25.7 Å². The van der Waals surface area contributed by atoms with Crippen molar-refractivity contribution < 1.29 is 27.9 Å². The van der Waals surface area contributed by atoms with Crippen molar-refractivity contribution in [3.8, 4) is 0 Å². The van der Waals surface area contributed by atoms with Crippen LogP contribution in [0.2, 0.25) is 0 Å². The number of carbonyl (C=O) groups excluding carboxylic acids is 1. The second-order valence-corrected chi connectivity index (χ2v) is 4.71. The van der Waals surface area contributed by atoms with E-state index in [0.717, 1.165) is 6.42 Å². The van der Waals surface area contributed by atoms with Gasteiger partial charge in [-0.25, -0.2) is 0 Å². The number of amides is 1. The van der Waals surface area contributed by atoms with Crippen molar-refractivity contribution in [2.24, 2.45) is 5.41 Å². The number of aliphatic carboxylic acids is 1. The van der Waals surface area contributed by atoms with E-state index >= 15 is 0 Å². The summed E-state index contributed by atoms with van der Waals surface area (Å²) in [6.45, 7) is -1.42. The van der Waals surface area contributed by atoms with Crippen LogP contribution in [0.5, 0.6) is 0 Å². The third-order valence-corrected chi connectivity index (χ3v) is 3.25. The van der Waals surface area contributed by atoms with Crippen LogP contribution in [0, 0.1) is 5.41 Å². The predicted molar refractivity (Wildman–Crippen MR) is 56.8 cm³/mol. The number of carbonyl (C=O) groups is 2. The summed E-state index contributed by atoms with van der Waals surface area (Å²) in [6.07, 6.45) is -1.86. The lowest BCUT2D eigenvalue weighted by Gasteiger charge is -2.32. The SMILES string of the molecule is O=C(CC1(C(=O)O)CCCCC1)NCC(F)(F)F. The normalized spacial score (nSPS) is 19.3. The Morgan fingerprint density at radius 3 is 2.17 bits per heavy atom. The van der Waals surface area contributed by atoms with Gasteiger partial charge in [0, 0.05) is 6.42 Å². The van der Waals surface area contributed by atoms with Gasteiger partial charge in [-0.05, 0) is 12.8 Å². The summed E-state index contributed by atoms with van der Waals surface area (Å²) in [6, 6.07) is 0. The maximum atomic E-state index is 11.9. The first-order valence-electron chi connectivity index (χ1n) is 5.82. The van der Waals surface area contributed by atoms with E-state index in [4.69, 9.17) is 5.11 Å². The lowest BCUT2D eigenvalue weighted by atomic mass is 9.71. The van der Waals surface area contributed by atoms with Crippen LogP contribution >= 0.6 is 0 Å². The van der Waals surface area contributed by atoms with Crippen molar-refractivity contribution in [2.45, 2.75) is 44.7 Å². The summed E-state index contributed by atoms with van der Waals surface area (Å²) in [4.78, 5) is 22.6. The molecule has 18 heavy (non-hydrogen) atoms. The molecule has 0 atom stereocenters. The third-order valence-electron chi connectivity index (χ3n) is 3.25. The van der Waals surface area contributed by atoms with Crippen molar-refractivity contribution in [2.75, 3.05) is 6.54 Å². The van der Waals surface area contributed by atoms with Gasteiger partial charge < -0.3 is 10.4 Å². The molecule has 0 aromatic heterocycles. The molecule has 0 spiro atoms. The highest BCUT2D eigenvalue weighted by atomic mass is 19.4. The Labute approximate surface area is 103 Å². The Kier molecular flexibility index (Phi) is 4.59. The minimum atomic E-state index is -4.47. The van der Waals surface area contributed by atoms with Crippen molar-refractivity contribution >= 4 is 11.9 Å². The molecule has 1 amide bonds. The molecular weight excluding hydrogens is 251 g/mol. The largest absolute Gasteiger partial charge is 0.481 e. The Bertz CT molecular complexity index is 322. The first kappa shape index (κ1) is 14.8. The zero-order valence-corrected chi connectivity index (χ0v) is 9.85. The molecule has 0 aromatic carbocycles. The molecule has 0 bridgehead atoms. The molecule has 2 N–H and O–H groups in total. The molecular formula is C11H16F3NO3. The molecule has 1 aliphatic carbocycles. The summed E-state index contributed by atoms with van der Waals surface area (Å²) in [5, 5.41) is 10.9. The second kappa shape index (κ2) is 5.58. The number of halogens is 3. The molecule has 7 heteroatoms. The topological polar surface area (TPSA) is 66.4 Å². The molecule has 1 aliphatic rings. The molecule has 0 radical (unpaired) electrons. The molecule has 4 nitrogen and oxygen atoms in total. The molecule has 1 fully saturated rings. The van der Waals surface area contributed by atoms with Crippen LogP contribution in [0.4, 0.5) is 13.2 Å². The van der Waals surface area contributed by atoms with E-state index in [-0.39, 0.29) is 6.42 Å². The monoisotopic (exact) mass is 267 g/mol. The van der Waals surface area contributed by atoms with Crippen LogP contribution in [0.15, 0.2) is 0 Å². The number of carboxylic acid groups (broad SMARTS) is 1. The van der Waals surface area contributed by atoms with Crippen molar-refractivity contribution in [3.63, 3.8) is 0 Å². The second-order valence-electron chi connectivity index (χ2n) is 4.71. The zero-order chi connectivity index (χ0) is 13.8. The molecule has 104 valence electrons. The van der Waals surface area contributed by atoms with Crippen LogP contribution in [0.1, 0.15) is 38.5 Å². The highest BCUT2D eigenvalue weighted by Gasteiger charge is 2.41. The van der Waals surface area contributed by atoms with Crippen LogP contribution in [0.3, 0.4) is 0 Å². The summed E-state index contributed by atoms with van der Waals surface area (Å²) in [5.74, 6) is -1.94. The summed E-state index contributed by atoms with van der Waals surface area (Å²) in [7, 11) is 0. The van der Waals surface area contributed by atoms with Crippen molar-refractivity contribution in [1.82, 2.24) is 5.32 Å². The van der Waals surface area contributed by atoms with Crippen molar-refractivity contribution in [3.05, 3.63) is 0 Å². The summed E-state index contributed by atoms with van der Waals surface area (Å²) < 4.78 is 35.8. The van der Waals surface area contributed by atoms with Crippen molar-refractivity contribution in [1.29, 1.82) is 0 Å². The Morgan fingerprint density at radius 2 is 1.72 bits per heavy atom. The standard InChI is InChI=1S/C11H16F3NO3/c12-11(13,14)7-15-8(16)6-10(9(17)18)4-2-1-3-5-10/h1-7H2,(H,15,16)(H,17,18). The average molecular weight is 267 g/mol. The molecule has 1 rings (SSSR count). The quantitative estimate of drug-likeness (QED) is 0.819. The fourth-order valence-electron chi connectivity index (χ4n) is 2.26. The zero-order valence-electron chi connectivity index (χ0n) is 9.85. The van der Waals surface area contributed by atoms with Crippen LogP contribution in [-0.4, -0.2) is 29.7 Å². The van der Waals surface area contributed by atoms with E-state index in [1.54, 1.807) is 5.32 Å². The Balaban J connectivity index is 2.56. The van der Waals surface area contributed by atoms with Gasteiger partial charge in [0.15, 0.2) is 0 Å². The van der Waals surface area contributed by atoms with Gasteiger partial charge in [0.1, 0.15) is 6.54 Å². The lowest BCUT2D eigenvalue weighted by molar-refractivity contribution is -0.155. The molecule has 0 aromatic rings. The Morgan fingerprint density at radius 1 is 1.17 bits per heavy atom. The average Bonchev–Trinajstić information content (AvgIpc) is 2.26. The first-order chi connectivity index (χ1) is 8.25. The van der Waals surface area contributed by atoms with Gasteiger partial charge in [-0.15, -0.1) is 0 Å². The van der Waals surface area contributed by atoms with E-state index in [1.807, 2.05) is 0 Å². The number of alkyl halides is 3. The third kappa shape index (κ3) is 4.19. The van der Waals surface area contributed by atoms with Crippen LogP contribution in [-0.2, 0) is 9.59 Å². The minimum Gasteiger partial charge on any atom is -0.481 e. The summed E-state index contributed by atoms with van der Waals surface area (Å²) >= 11 is 0. The maximum absolute atomic E-state index is 11.9. The molecule has 0 saturated heterocycles. The fourth-order valence-corrected chi connectivity index (χ4v) is 2.26. The Hall–Kier alpha value is -1.27. The maximum Gasteiger partial charge on any atom is 0.405 e. The molecule has 0 aliphatic heterocycles. The van der Waals surface area contributed by atoms with Crippen LogP contribution in [0.25, 0.3) is 0 Å². The predicted octanol–water partition coefficient (Wildman–Crippen LogP) is 2.09. The molecule has 0 unspecified atom stereocenters. The van der Waals surface area contributed by atoms with Gasteiger partial charge in [-0.1, -0.05) is 19.3 Å². The van der Waals surface area contributed by atoms with Gasteiger partial charge in [-0.3, -0.25) is 9.59 Å². The van der Waals surface area contributed by atoms with E-state index in [9.17, 15) is 22.8 Å². The highest BCUT2D eigenvalue weighted by molar-refractivity contribution is 5.85. The molecule has 1 saturated carbocycles. The van der Waals surface area contributed by atoms with Gasteiger partial charge >= 0.3 is 12.1 Å². The first-order valence-corrected chi connectivity index (χ1v) is 5.82. The van der Waals surface area contributed by atoms with E-state index in [1.165, 1.54) is 0 Å². The van der Waals surface area contributed by atoms with E-state index in [2.05, 4.69) is 0 Å². The van der Waals surface area contributed by atoms with E-state index < -0.39 is 30.0 Å². The number of rotatable bonds is 4. The van der Waals surface area contributed by atoms with Gasteiger partial charge in [0.25, 0.3) is 0 Å². The number of hydrogen-bond donors (Lipinski definition) is 2. The molecule has 0 heterocycles. The summed E-state index contributed by atoms with van der Waals surface area (Å²) in [5.41, 5.74) is -1.19. The van der Waals surface area contributed by atoms with Gasteiger partial charge in [0.05, 0.1) is 5.41 Å². The fraction of sp³-hybridized carbons (Fsp3) is 0.818. The van der Waals surface area contributed by atoms with Gasteiger partial charge in [-0.2, -0.15) is 13.2 Å². The minimum absolute atomic E-state index is 0.349. The number of carboxylic acids is 1. The lowest BCUT2D eigenvalue weighted by Crippen LogP contribution is -2.41. The highest BCUT2D eigenvalue weighted by Crippen LogP contribution is 2.39. The smallest absolute Gasteiger partial charge is 0.405 e. The van der Waals surface area contributed by atoms with Gasteiger partial charge in [0.2, 0.25) is 5.91 Å².